The van der Waals surface area contributed by atoms with Gasteiger partial charge in [-0.1, -0.05) is 23.2 Å². The Bertz CT molecular complexity index is 627. The number of hydrogen-bond donors (Lipinski definition) is 3. The molecule has 0 saturated heterocycles. The van der Waals surface area contributed by atoms with Gasteiger partial charge in [0.2, 0.25) is 0 Å². The van der Waals surface area contributed by atoms with Gasteiger partial charge in [0, 0.05) is 23.1 Å². The van der Waals surface area contributed by atoms with Crippen molar-refractivity contribution in [3.05, 3.63) is 56.2 Å². The summed E-state index contributed by atoms with van der Waals surface area (Å²) in [7, 11) is 0. The lowest BCUT2D eigenvalue weighted by molar-refractivity contribution is 0.181. The average molecular weight is 372 g/mol. The minimum absolute atomic E-state index is 0.312. The number of halogens is 2. The van der Waals surface area contributed by atoms with Crippen LogP contribution in [0.5, 0.6) is 0 Å². The Kier molecular flexibility index (Phi) is 7.17. The fourth-order valence-electron chi connectivity index (χ4n) is 1.97. The quantitative estimate of drug-likeness (QED) is 0.533. The maximum atomic E-state index is 10.3. The van der Waals surface area contributed by atoms with Crippen LogP contribution in [0.3, 0.4) is 0 Å². The maximum Gasteiger partial charge on any atom is 0.191 e. The first-order valence-corrected chi connectivity index (χ1v) is 8.95. The van der Waals surface area contributed by atoms with Gasteiger partial charge in [0.25, 0.3) is 0 Å². The van der Waals surface area contributed by atoms with Crippen molar-refractivity contribution in [2.24, 2.45) is 4.99 Å². The Morgan fingerprint density at radius 2 is 2.00 bits per heavy atom. The van der Waals surface area contributed by atoms with E-state index in [9.17, 15) is 5.11 Å². The largest absolute Gasteiger partial charge is 0.387 e. The summed E-state index contributed by atoms with van der Waals surface area (Å²) in [6, 6.07) is 7.09. The minimum atomic E-state index is -0.726. The Labute approximate surface area is 150 Å². The van der Waals surface area contributed by atoms with Gasteiger partial charge in [-0.3, -0.25) is 0 Å². The van der Waals surface area contributed by atoms with Crippen molar-refractivity contribution in [3.63, 3.8) is 0 Å². The van der Waals surface area contributed by atoms with Crippen LogP contribution in [-0.4, -0.2) is 24.2 Å². The maximum absolute atomic E-state index is 10.3. The predicted molar refractivity (Wildman–Crippen MR) is 98.6 cm³/mol. The third-order valence-electron chi connectivity index (χ3n) is 3.08. The summed E-state index contributed by atoms with van der Waals surface area (Å²) in [5, 5.41) is 21.7. The number of hydrogen-bond acceptors (Lipinski definition) is 3. The van der Waals surface area contributed by atoms with Gasteiger partial charge in [-0.05, 0) is 53.1 Å². The summed E-state index contributed by atoms with van der Waals surface area (Å²) in [4.78, 5) is 4.49. The van der Waals surface area contributed by atoms with E-state index in [1.54, 1.807) is 29.5 Å². The molecule has 1 heterocycles. The van der Waals surface area contributed by atoms with Crippen molar-refractivity contribution in [2.75, 3.05) is 13.1 Å². The van der Waals surface area contributed by atoms with Crippen molar-refractivity contribution < 1.29 is 5.11 Å². The Morgan fingerprint density at radius 3 is 2.61 bits per heavy atom. The molecule has 0 saturated carbocycles. The number of nitrogens with one attached hydrogen (secondary N) is 2. The first kappa shape index (κ1) is 18.1. The number of benzene rings is 1. The molecule has 1 unspecified atom stereocenters. The van der Waals surface area contributed by atoms with Crippen LogP contribution >= 0.6 is 34.5 Å². The molecule has 0 aliphatic heterocycles. The monoisotopic (exact) mass is 371 g/mol. The lowest BCUT2D eigenvalue weighted by Crippen LogP contribution is -2.39. The van der Waals surface area contributed by atoms with E-state index in [2.05, 4.69) is 21.0 Å². The number of guanidine groups is 1. The van der Waals surface area contributed by atoms with Crippen LogP contribution in [0.15, 0.2) is 40.0 Å². The first-order chi connectivity index (χ1) is 11.1. The van der Waals surface area contributed by atoms with Crippen molar-refractivity contribution in [3.8, 4) is 0 Å². The van der Waals surface area contributed by atoms with Crippen molar-refractivity contribution in [1.29, 1.82) is 0 Å². The predicted octanol–water partition coefficient (Wildman–Crippen LogP) is 3.84. The van der Waals surface area contributed by atoms with Crippen LogP contribution in [0.1, 0.15) is 24.2 Å². The topological polar surface area (TPSA) is 56.7 Å². The van der Waals surface area contributed by atoms with E-state index in [4.69, 9.17) is 23.2 Å². The molecule has 4 nitrogen and oxygen atoms in total. The zero-order valence-electron chi connectivity index (χ0n) is 12.7. The average Bonchev–Trinajstić information content (AvgIpc) is 3.02. The zero-order valence-corrected chi connectivity index (χ0v) is 15.0. The normalized spacial score (nSPS) is 13.0. The van der Waals surface area contributed by atoms with Gasteiger partial charge in [-0.25, -0.2) is 4.99 Å². The van der Waals surface area contributed by atoms with E-state index in [0.717, 1.165) is 12.1 Å². The molecular weight excluding hydrogens is 353 g/mol. The number of rotatable bonds is 6. The fourth-order valence-corrected chi connectivity index (χ4v) is 3.18. The fraction of sp³-hybridized carbons (Fsp3) is 0.312. The minimum Gasteiger partial charge on any atom is -0.387 e. The third-order valence-corrected chi connectivity index (χ3v) is 4.25. The highest BCUT2D eigenvalue weighted by Gasteiger charge is 2.10. The molecule has 0 fully saturated rings. The van der Waals surface area contributed by atoms with Crippen molar-refractivity contribution in [2.45, 2.75) is 19.6 Å². The van der Waals surface area contributed by atoms with Crippen LogP contribution in [-0.2, 0) is 6.54 Å². The molecule has 1 aromatic carbocycles. The highest BCUT2D eigenvalue weighted by atomic mass is 35.5. The lowest BCUT2D eigenvalue weighted by atomic mass is 10.1. The smallest absolute Gasteiger partial charge is 0.191 e. The molecule has 1 atom stereocenters. The van der Waals surface area contributed by atoms with Gasteiger partial charge < -0.3 is 15.7 Å². The van der Waals surface area contributed by atoms with Crippen LogP contribution in [0, 0.1) is 0 Å². The molecule has 0 spiro atoms. The van der Waals surface area contributed by atoms with E-state index < -0.39 is 6.10 Å². The second-order valence-electron chi connectivity index (χ2n) is 4.93. The third kappa shape index (κ3) is 6.03. The lowest BCUT2D eigenvalue weighted by Gasteiger charge is -2.16. The van der Waals surface area contributed by atoms with Gasteiger partial charge in [0.15, 0.2) is 5.96 Å². The molecule has 0 amide bonds. The molecule has 3 N–H and O–H groups in total. The first-order valence-electron chi connectivity index (χ1n) is 7.25. The summed E-state index contributed by atoms with van der Waals surface area (Å²) in [6.07, 6.45) is -0.726. The van der Waals surface area contributed by atoms with Crippen molar-refractivity contribution in [1.82, 2.24) is 10.6 Å². The summed E-state index contributed by atoms with van der Waals surface area (Å²) in [6.45, 7) is 3.65. The highest BCUT2D eigenvalue weighted by Crippen LogP contribution is 2.23. The van der Waals surface area contributed by atoms with E-state index in [1.165, 1.54) is 0 Å². The number of aliphatic hydroxyl groups excluding tert-OH is 1. The van der Waals surface area contributed by atoms with Gasteiger partial charge >= 0.3 is 0 Å². The number of aliphatic imine (C=N–C) groups is 1. The molecule has 0 bridgehead atoms. The molecular formula is C16H19Cl2N3OS. The molecule has 23 heavy (non-hydrogen) atoms. The van der Waals surface area contributed by atoms with Gasteiger partial charge in [-0.2, -0.15) is 11.3 Å². The summed E-state index contributed by atoms with van der Waals surface area (Å²) >= 11 is 13.6. The SMILES string of the molecule is CCNC(=NCc1ccsc1)NCC(O)c1cc(Cl)cc(Cl)c1. The van der Waals surface area contributed by atoms with Crippen LogP contribution < -0.4 is 10.6 Å². The molecule has 1 aromatic heterocycles. The van der Waals surface area contributed by atoms with Crippen LogP contribution in [0.4, 0.5) is 0 Å². The van der Waals surface area contributed by atoms with E-state index in [-0.39, 0.29) is 0 Å². The van der Waals surface area contributed by atoms with E-state index in [1.807, 2.05) is 18.4 Å². The Hall–Kier alpha value is -1.27. The standard InChI is InChI=1S/C16H19Cl2N3OS/c1-2-19-16(20-8-11-3-4-23-10-11)21-9-15(22)12-5-13(17)7-14(18)6-12/h3-7,10,15,22H,2,8-9H2,1H3,(H2,19,20,21). The number of thiophene rings is 1. The summed E-state index contributed by atoms with van der Waals surface area (Å²) in [5.74, 6) is 0.658. The number of nitrogens with zero attached hydrogens (tertiary/aromatic N) is 1. The van der Waals surface area contributed by atoms with Crippen LogP contribution in [0.25, 0.3) is 0 Å². The van der Waals surface area contributed by atoms with E-state index >= 15 is 0 Å². The molecule has 0 radical (unpaired) electrons. The van der Waals surface area contributed by atoms with Gasteiger partial charge in [-0.15, -0.1) is 0 Å². The van der Waals surface area contributed by atoms with Gasteiger partial charge in [0.05, 0.1) is 12.6 Å². The van der Waals surface area contributed by atoms with Crippen molar-refractivity contribution >= 4 is 40.5 Å². The molecule has 7 heteroatoms. The number of aliphatic hydroxyl groups is 1. The Balaban J connectivity index is 1.95. The zero-order chi connectivity index (χ0) is 16.7. The Morgan fingerprint density at radius 1 is 1.26 bits per heavy atom. The molecule has 124 valence electrons. The molecule has 0 aliphatic carbocycles. The van der Waals surface area contributed by atoms with E-state index in [0.29, 0.717) is 34.7 Å². The van der Waals surface area contributed by atoms with Crippen LogP contribution in [0.2, 0.25) is 10.0 Å². The summed E-state index contributed by atoms with van der Waals surface area (Å²) < 4.78 is 0. The van der Waals surface area contributed by atoms with Gasteiger partial charge in [0.1, 0.15) is 0 Å². The second-order valence-corrected chi connectivity index (χ2v) is 6.58. The second kappa shape index (κ2) is 9.13. The molecule has 2 rings (SSSR count). The summed E-state index contributed by atoms with van der Waals surface area (Å²) in [5.41, 5.74) is 1.83. The molecule has 2 aromatic rings. The highest BCUT2D eigenvalue weighted by molar-refractivity contribution is 7.07. The molecule has 0 aliphatic rings.